The van der Waals surface area contributed by atoms with Crippen LogP contribution in [0.3, 0.4) is 0 Å². The van der Waals surface area contributed by atoms with Gasteiger partial charge in [0.1, 0.15) is 12.3 Å². The maximum atomic E-state index is 13.3. The quantitative estimate of drug-likeness (QED) is 0.386. The van der Waals surface area contributed by atoms with Crippen LogP contribution >= 0.6 is 23.4 Å². The Hall–Kier alpha value is -2.68. The first-order chi connectivity index (χ1) is 15.9. The first-order valence-electron chi connectivity index (χ1n) is 10.2. The molecule has 0 aliphatic carbocycles. The molecule has 0 saturated heterocycles. The summed E-state index contributed by atoms with van der Waals surface area (Å²) in [5, 5.41) is 3.50. The molecule has 0 bridgehead atoms. The number of nitrogens with zero attached hydrogens (tertiary/aromatic N) is 1. The fourth-order valence-corrected chi connectivity index (χ4v) is 5.51. The maximum Gasteiger partial charge on any atom is 0.264 e. The van der Waals surface area contributed by atoms with E-state index in [9.17, 15) is 13.2 Å². The lowest BCUT2D eigenvalue weighted by Crippen LogP contribution is -2.41. The molecular formula is C24H25ClN2O4S2. The summed E-state index contributed by atoms with van der Waals surface area (Å²) in [6.07, 6.45) is 0. The van der Waals surface area contributed by atoms with E-state index in [0.717, 1.165) is 15.6 Å². The summed E-state index contributed by atoms with van der Waals surface area (Å²) in [4.78, 5) is 12.8. The molecule has 3 aromatic carbocycles. The molecule has 0 heterocycles. The minimum absolute atomic E-state index is 0.116. The molecule has 9 heteroatoms. The minimum Gasteiger partial charge on any atom is -0.497 e. The second-order valence-corrected chi connectivity index (χ2v) is 10.5. The molecule has 6 nitrogen and oxygen atoms in total. The highest BCUT2D eigenvalue weighted by Crippen LogP contribution is 2.25. The standard InChI is InChI=1S/C24H25ClN2O4S2/c1-31-22-12-10-21(11-13-22)27(33(29,30)23-8-3-2-4-9-23)17-24(28)26-14-15-32-18-19-6-5-7-20(25)16-19/h2-13,16H,14-15,17-18H2,1H3,(H,26,28). The number of rotatable bonds is 11. The topological polar surface area (TPSA) is 75.7 Å². The van der Waals surface area contributed by atoms with Crippen molar-refractivity contribution in [1.82, 2.24) is 5.32 Å². The zero-order chi connectivity index (χ0) is 23.7. The van der Waals surface area contributed by atoms with Crippen LogP contribution in [-0.2, 0) is 20.6 Å². The largest absolute Gasteiger partial charge is 0.497 e. The number of benzene rings is 3. The number of carbonyl (C=O) groups excluding carboxylic acids is 1. The Morgan fingerprint density at radius 3 is 2.42 bits per heavy atom. The van der Waals surface area contributed by atoms with Gasteiger partial charge in [-0.15, -0.1) is 0 Å². The van der Waals surface area contributed by atoms with E-state index in [1.807, 2.05) is 24.3 Å². The van der Waals surface area contributed by atoms with Crippen molar-refractivity contribution >= 4 is 45.0 Å². The molecule has 1 amide bonds. The molecule has 33 heavy (non-hydrogen) atoms. The number of hydrogen-bond acceptors (Lipinski definition) is 5. The van der Waals surface area contributed by atoms with Crippen LogP contribution in [0, 0.1) is 0 Å². The highest BCUT2D eigenvalue weighted by Gasteiger charge is 2.27. The van der Waals surface area contributed by atoms with Crippen LogP contribution in [0.15, 0.2) is 83.8 Å². The van der Waals surface area contributed by atoms with Gasteiger partial charge in [-0.3, -0.25) is 9.10 Å². The average molecular weight is 505 g/mol. The predicted octanol–water partition coefficient (Wildman–Crippen LogP) is 4.59. The Bertz CT molecular complexity index is 1160. The fraction of sp³-hybridized carbons (Fsp3) is 0.208. The zero-order valence-corrected chi connectivity index (χ0v) is 20.5. The Morgan fingerprint density at radius 1 is 1.03 bits per heavy atom. The van der Waals surface area contributed by atoms with Gasteiger partial charge >= 0.3 is 0 Å². The van der Waals surface area contributed by atoms with Crippen molar-refractivity contribution < 1.29 is 17.9 Å². The van der Waals surface area contributed by atoms with E-state index in [4.69, 9.17) is 16.3 Å². The van der Waals surface area contributed by atoms with Crippen molar-refractivity contribution in [3.05, 3.63) is 89.4 Å². The molecular weight excluding hydrogens is 480 g/mol. The Balaban J connectivity index is 1.63. The van der Waals surface area contributed by atoms with Crippen LogP contribution in [0.25, 0.3) is 0 Å². The number of nitrogens with one attached hydrogen (secondary N) is 1. The monoisotopic (exact) mass is 504 g/mol. The van der Waals surface area contributed by atoms with E-state index in [1.165, 1.54) is 19.2 Å². The van der Waals surface area contributed by atoms with E-state index < -0.39 is 10.0 Å². The number of carbonyl (C=O) groups is 1. The van der Waals surface area contributed by atoms with Gasteiger partial charge in [-0.05, 0) is 54.1 Å². The molecule has 0 atom stereocenters. The summed E-state index contributed by atoms with van der Waals surface area (Å²) in [6, 6.07) is 22.3. The van der Waals surface area contributed by atoms with Crippen molar-refractivity contribution in [2.75, 3.05) is 30.3 Å². The van der Waals surface area contributed by atoms with Crippen LogP contribution in [0.2, 0.25) is 5.02 Å². The molecule has 0 aliphatic rings. The van der Waals surface area contributed by atoms with E-state index in [1.54, 1.807) is 54.2 Å². The lowest BCUT2D eigenvalue weighted by atomic mass is 10.2. The van der Waals surface area contributed by atoms with Crippen LogP contribution in [0.4, 0.5) is 5.69 Å². The van der Waals surface area contributed by atoms with Gasteiger partial charge < -0.3 is 10.1 Å². The molecule has 0 aliphatic heterocycles. The number of methoxy groups -OCH3 is 1. The van der Waals surface area contributed by atoms with E-state index >= 15 is 0 Å². The van der Waals surface area contributed by atoms with Gasteiger partial charge in [0.05, 0.1) is 17.7 Å². The van der Waals surface area contributed by atoms with Gasteiger partial charge in [-0.1, -0.05) is 41.9 Å². The Morgan fingerprint density at radius 2 is 1.76 bits per heavy atom. The van der Waals surface area contributed by atoms with Crippen LogP contribution in [-0.4, -0.2) is 40.3 Å². The summed E-state index contributed by atoms with van der Waals surface area (Å²) in [5.41, 5.74) is 1.49. The fourth-order valence-electron chi connectivity index (χ4n) is 3.05. The second kappa shape index (κ2) is 12.0. The van der Waals surface area contributed by atoms with Crippen LogP contribution in [0.5, 0.6) is 5.75 Å². The maximum absolute atomic E-state index is 13.3. The smallest absolute Gasteiger partial charge is 0.264 e. The molecule has 1 N–H and O–H groups in total. The van der Waals surface area contributed by atoms with E-state index in [2.05, 4.69) is 5.32 Å². The number of hydrogen-bond donors (Lipinski definition) is 1. The summed E-state index contributed by atoms with van der Waals surface area (Å²) < 4.78 is 32.8. The number of anilines is 1. The van der Waals surface area contributed by atoms with Crippen molar-refractivity contribution in [3.63, 3.8) is 0 Å². The Labute approximate surface area is 204 Å². The number of ether oxygens (including phenoxy) is 1. The molecule has 0 spiro atoms. The SMILES string of the molecule is COc1ccc(N(CC(=O)NCCSCc2cccc(Cl)c2)S(=O)(=O)c2ccccc2)cc1. The van der Waals surface area contributed by atoms with Crippen molar-refractivity contribution in [1.29, 1.82) is 0 Å². The molecule has 0 radical (unpaired) electrons. The van der Waals surface area contributed by atoms with E-state index in [0.29, 0.717) is 28.8 Å². The first-order valence-corrected chi connectivity index (χ1v) is 13.2. The van der Waals surface area contributed by atoms with Crippen molar-refractivity contribution in [2.24, 2.45) is 0 Å². The van der Waals surface area contributed by atoms with Gasteiger partial charge in [0.15, 0.2) is 0 Å². The first kappa shape index (κ1) is 25.0. The highest BCUT2D eigenvalue weighted by atomic mass is 35.5. The molecule has 0 aromatic heterocycles. The highest BCUT2D eigenvalue weighted by molar-refractivity contribution is 7.98. The van der Waals surface area contributed by atoms with Gasteiger partial charge in [0, 0.05) is 23.1 Å². The molecule has 0 fully saturated rings. The zero-order valence-electron chi connectivity index (χ0n) is 18.1. The lowest BCUT2D eigenvalue weighted by molar-refractivity contribution is -0.119. The number of amides is 1. The van der Waals surface area contributed by atoms with Gasteiger partial charge in [-0.25, -0.2) is 8.42 Å². The Kier molecular flexibility index (Phi) is 9.05. The van der Waals surface area contributed by atoms with Gasteiger partial charge in [0.25, 0.3) is 10.0 Å². The second-order valence-electron chi connectivity index (χ2n) is 7.06. The third-order valence-corrected chi connectivity index (χ3v) is 7.76. The molecule has 0 unspecified atom stereocenters. The predicted molar refractivity (Wildman–Crippen MR) is 135 cm³/mol. The molecule has 3 rings (SSSR count). The number of sulfonamides is 1. The summed E-state index contributed by atoms with van der Waals surface area (Å²) >= 11 is 7.66. The third kappa shape index (κ3) is 7.15. The summed E-state index contributed by atoms with van der Waals surface area (Å²) in [7, 11) is -2.40. The number of thioether (sulfide) groups is 1. The third-order valence-electron chi connectivity index (χ3n) is 4.71. The average Bonchev–Trinajstić information content (AvgIpc) is 2.83. The molecule has 3 aromatic rings. The van der Waals surface area contributed by atoms with Crippen LogP contribution < -0.4 is 14.4 Å². The normalized spacial score (nSPS) is 11.1. The summed E-state index contributed by atoms with van der Waals surface area (Å²) in [6.45, 7) is 0.0917. The summed E-state index contributed by atoms with van der Waals surface area (Å²) in [5.74, 6) is 1.67. The van der Waals surface area contributed by atoms with Gasteiger partial charge in [0.2, 0.25) is 5.91 Å². The van der Waals surface area contributed by atoms with E-state index in [-0.39, 0.29) is 17.3 Å². The lowest BCUT2D eigenvalue weighted by Gasteiger charge is -2.24. The number of halogens is 1. The van der Waals surface area contributed by atoms with Gasteiger partial charge in [-0.2, -0.15) is 11.8 Å². The molecule has 0 saturated carbocycles. The van der Waals surface area contributed by atoms with Crippen molar-refractivity contribution in [2.45, 2.75) is 10.6 Å². The van der Waals surface area contributed by atoms with Crippen molar-refractivity contribution in [3.8, 4) is 5.75 Å². The molecule has 174 valence electrons. The minimum atomic E-state index is -3.93. The van der Waals surface area contributed by atoms with Crippen LogP contribution in [0.1, 0.15) is 5.56 Å².